The number of hydrogen-bond acceptors (Lipinski definition) is 5. The van der Waals surface area contributed by atoms with Crippen molar-refractivity contribution in [2.24, 2.45) is 5.10 Å². The van der Waals surface area contributed by atoms with E-state index in [1.54, 1.807) is 20.8 Å². The largest absolute Gasteiger partial charge is 0.507 e. The number of benzene rings is 1. The van der Waals surface area contributed by atoms with Crippen molar-refractivity contribution in [3.63, 3.8) is 0 Å². The fraction of sp³-hybridized carbons (Fsp3) is 0.412. The van der Waals surface area contributed by atoms with Crippen molar-refractivity contribution in [1.82, 2.24) is 15.6 Å². The zero-order chi connectivity index (χ0) is 19.5. The Morgan fingerprint density at radius 3 is 2.65 bits per heavy atom. The van der Waals surface area contributed by atoms with E-state index in [4.69, 9.17) is 0 Å². The molecule has 0 saturated carbocycles. The van der Waals surface area contributed by atoms with E-state index >= 15 is 0 Å². The minimum atomic E-state index is -0.990. The van der Waals surface area contributed by atoms with Gasteiger partial charge in [-0.05, 0) is 38.5 Å². The normalized spacial score (nSPS) is 16.6. The first-order valence-electron chi connectivity index (χ1n) is 8.14. The first-order valence-corrected chi connectivity index (χ1v) is 8.14. The molecule has 8 nitrogen and oxygen atoms in total. The summed E-state index contributed by atoms with van der Waals surface area (Å²) >= 11 is 0. The molecular weight excluding hydrogens is 343 g/mol. The number of carbonyl (C=O) groups is 3. The number of phenols is 1. The minimum Gasteiger partial charge on any atom is -0.507 e. The van der Waals surface area contributed by atoms with E-state index in [1.165, 1.54) is 6.07 Å². The minimum absolute atomic E-state index is 0.0812. The maximum Gasteiger partial charge on any atom is 0.325 e. The molecule has 1 saturated heterocycles. The van der Waals surface area contributed by atoms with E-state index in [0.717, 1.165) is 17.0 Å². The molecule has 0 bridgehead atoms. The quantitative estimate of drug-likeness (QED) is 0.403. The highest BCUT2D eigenvalue weighted by Crippen LogP contribution is 2.20. The number of urea groups is 1. The Bertz CT molecular complexity index is 776. The van der Waals surface area contributed by atoms with E-state index in [1.807, 2.05) is 0 Å². The van der Waals surface area contributed by atoms with Crippen LogP contribution in [0.1, 0.15) is 39.2 Å². The maximum absolute atomic E-state index is 13.3. The number of rotatable bonds is 6. The van der Waals surface area contributed by atoms with E-state index in [0.29, 0.717) is 12.1 Å². The molecule has 0 radical (unpaired) electrons. The molecule has 0 aliphatic carbocycles. The van der Waals surface area contributed by atoms with Crippen LogP contribution in [0.4, 0.5) is 9.18 Å². The number of amides is 4. The summed E-state index contributed by atoms with van der Waals surface area (Å²) < 4.78 is 13.3. The Hall–Kier alpha value is -2.97. The van der Waals surface area contributed by atoms with Crippen molar-refractivity contribution in [2.45, 2.75) is 39.2 Å². The summed E-state index contributed by atoms with van der Waals surface area (Å²) in [6.07, 6.45) is 0.212. The van der Waals surface area contributed by atoms with Crippen molar-refractivity contribution >= 4 is 23.6 Å². The highest BCUT2D eigenvalue weighted by Gasteiger charge is 2.43. The van der Waals surface area contributed by atoms with Gasteiger partial charge in [-0.3, -0.25) is 14.5 Å². The predicted octanol–water partition coefficient (Wildman–Crippen LogP) is 1.48. The van der Waals surface area contributed by atoms with Crippen molar-refractivity contribution in [3.8, 4) is 5.75 Å². The van der Waals surface area contributed by atoms with Gasteiger partial charge in [0.15, 0.2) is 0 Å². The van der Waals surface area contributed by atoms with Crippen molar-refractivity contribution < 1.29 is 23.9 Å². The Kier molecular flexibility index (Phi) is 5.59. The van der Waals surface area contributed by atoms with E-state index in [9.17, 15) is 23.9 Å². The van der Waals surface area contributed by atoms with Gasteiger partial charge in [0.2, 0.25) is 5.91 Å². The van der Waals surface area contributed by atoms with Gasteiger partial charge in [0.1, 0.15) is 17.1 Å². The third-order valence-corrected chi connectivity index (χ3v) is 3.93. The predicted molar refractivity (Wildman–Crippen MR) is 92.0 cm³/mol. The first-order chi connectivity index (χ1) is 12.2. The Balaban J connectivity index is 1.99. The van der Waals surface area contributed by atoms with Crippen LogP contribution in [-0.4, -0.2) is 45.6 Å². The highest BCUT2D eigenvalue weighted by molar-refractivity contribution is 6.06. The molecule has 2 rings (SSSR count). The highest BCUT2D eigenvalue weighted by atomic mass is 19.1. The van der Waals surface area contributed by atoms with Gasteiger partial charge in [-0.1, -0.05) is 6.92 Å². The summed E-state index contributed by atoms with van der Waals surface area (Å²) in [5.74, 6) is -1.61. The lowest BCUT2D eigenvalue weighted by molar-refractivity contribution is -0.130. The number of phenolic OH excluding ortho intramolecular Hbond substituents is 1. The third kappa shape index (κ3) is 4.16. The van der Waals surface area contributed by atoms with Gasteiger partial charge < -0.3 is 10.4 Å². The second-order valence-electron chi connectivity index (χ2n) is 6.37. The van der Waals surface area contributed by atoms with Crippen LogP contribution < -0.4 is 10.7 Å². The Labute approximate surface area is 150 Å². The molecule has 1 aromatic carbocycles. The van der Waals surface area contributed by atoms with Gasteiger partial charge in [-0.2, -0.15) is 5.10 Å². The van der Waals surface area contributed by atoms with E-state index < -0.39 is 29.2 Å². The summed E-state index contributed by atoms with van der Waals surface area (Å²) in [7, 11) is 0. The Morgan fingerprint density at radius 1 is 1.38 bits per heavy atom. The van der Waals surface area contributed by atoms with Gasteiger partial charge in [0, 0.05) is 18.5 Å². The number of aromatic hydroxyl groups is 1. The molecule has 26 heavy (non-hydrogen) atoms. The van der Waals surface area contributed by atoms with Gasteiger partial charge in [-0.25, -0.2) is 14.6 Å². The zero-order valence-electron chi connectivity index (χ0n) is 14.8. The molecule has 140 valence electrons. The molecular formula is C17H21FN4O4. The van der Waals surface area contributed by atoms with Gasteiger partial charge in [0.25, 0.3) is 5.91 Å². The summed E-state index contributed by atoms with van der Waals surface area (Å²) in [4.78, 5) is 36.7. The van der Waals surface area contributed by atoms with Crippen molar-refractivity contribution in [3.05, 3.63) is 29.6 Å². The van der Waals surface area contributed by atoms with Crippen molar-refractivity contribution in [1.29, 1.82) is 0 Å². The van der Waals surface area contributed by atoms with Crippen LogP contribution in [0.25, 0.3) is 0 Å². The lowest BCUT2D eigenvalue weighted by Gasteiger charge is -2.15. The summed E-state index contributed by atoms with van der Waals surface area (Å²) in [6.45, 7) is 4.82. The molecule has 1 aliphatic rings. The van der Waals surface area contributed by atoms with Crippen LogP contribution >= 0.6 is 0 Å². The molecule has 1 fully saturated rings. The number of carbonyl (C=O) groups excluding carboxylic acids is 3. The van der Waals surface area contributed by atoms with Crippen LogP contribution in [-0.2, 0) is 9.59 Å². The summed E-state index contributed by atoms with van der Waals surface area (Å²) in [5.41, 5.74) is 1.79. The molecule has 0 unspecified atom stereocenters. The summed E-state index contributed by atoms with van der Waals surface area (Å²) in [6, 6.07) is 2.90. The number of nitrogens with zero attached hydrogens (tertiary/aromatic N) is 2. The van der Waals surface area contributed by atoms with Gasteiger partial charge in [0.05, 0.1) is 5.71 Å². The van der Waals surface area contributed by atoms with Crippen molar-refractivity contribution in [2.75, 3.05) is 6.54 Å². The van der Waals surface area contributed by atoms with Crippen LogP contribution in [0.5, 0.6) is 5.75 Å². The molecule has 9 heteroatoms. The van der Waals surface area contributed by atoms with Crippen LogP contribution in [0.15, 0.2) is 23.3 Å². The zero-order valence-corrected chi connectivity index (χ0v) is 14.8. The number of halogens is 1. The molecule has 1 aliphatic heterocycles. The molecule has 0 atom stereocenters. The van der Waals surface area contributed by atoms with Gasteiger partial charge >= 0.3 is 6.03 Å². The molecule has 0 spiro atoms. The van der Waals surface area contributed by atoms with E-state index in [2.05, 4.69) is 15.8 Å². The Morgan fingerprint density at radius 2 is 2.08 bits per heavy atom. The second-order valence-corrected chi connectivity index (χ2v) is 6.37. The molecule has 1 aromatic rings. The molecule has 3 N–H and O–H groups in total. The molecule has 4 amide bonds. The average Bonchev–Trinajstić information content (AvgIpc) is 2.77. The SMILES string of the molecule is CC/C(=N\NC(=O)CCN1C(=O)NC(C)(C)C1=O)c1cc(F)ccc1O. The smallest absolute Gasteiger partial charge is 0.325 e. The third-order valence-electron chi connectivity index (χ3n) is 3.93. The average molecular weight is 364 g/mol. The first kappa shape index (κ1) is 19.4. The van der Waals surface area contributed by atoms with Crippen LogP contribution in [0.3, 0.4) is 0 Å². The summed E-state index contributed by atoms with van der Waals surface area (Å²) in [5, 5.41) is 16.2. The fourth-order valence-corrected chi connectivity index (χ4v) is 2.49. The van der Waals surface area contributed by atoms with E-state index in [-0.39, 0.29) is 24.3 Å². The molecule has 0 aromatic heterocycles. The fourth-order valence-electron chi connectivity index (χ4n) is 2.49. The number of imide groups is 1. The number of nitrogens with one attached hydrogen (secondary N) is 2. The van der Waals surface area contributed by atoms with Crippen LogP contribution in [0.2, 0.25) is 0 Å². The topological polar surface area (TPSA) is 111 Å². The lowest BCUT2D eigenvalue weighted by atomic mass is 10.1. The number of hydrazone groups is 1. The monoisotopic (exact) mass is 364 g/mol. The maximum atomic E-state index is 13.3. The second kappa shape index (κ2) is 7.51. The molecule has 1 heterocycles. The standard InChI is InChI=1S/C17H21FN4O4/c1-4-12(11-9-10(18)5-6-13(11)23)20-21-14(24)7-8-22-15(25)17(2,3)19-16(22)26/h5-6,9,23H,4,7-8H2,1-3H3,(H,19,26)(H,21,24)/b20-12+. The van der Waals surface area contributed by atoms with Crippen LogP contribution in [0, 0.1) is 5.82 Å². The lowest BCUT2D eigenvalue weighted by Crippen LogP contribution is -2.40. The van der Waals surface area contributed by atoms with Gasteiger partial charge in [-0.15, -0.1) is 0 Å². The number of hydrogen-bond donors (Lipinski definition) is 3.